The molecule has 3 atom stereocenters. The zero-order chi connectivity index (χ0) is 21.2. The van der Waals surface area contributed by atoms with Crippen molar-refractivity contribution in [2.24, 2.45) is 17.8 Å². The number of nitro groups is 2. The Morgan fingerprint density at radius 1 is 0.833 bits per heavy atom. The van der Waals surface area contributed by atoms with Crippen LogP contribution in [0.4, 0.5) is 11.4 Å². The van der Waals surface area contributed by atoms with Gasteiger partial charge in [-0.1, -0.05) is 12.1 Å². The lowest BCUT2D eigenvalue weighted by molar-refractivity contribution is -0.386. The molecule has 0 aliphatic heterocycles. The van der Waals surface area contributed by atoms with Gasteiger partial charge in [-0.05, 0) is 79.0 Å². The first-order valence-electron chi connectivity index (χ1n) is 10.2. The Morgan fingerprint density at radius 2 is 1.40 bits per heavy atom. The SMILES string of the molecule is O=[N+]([O-])c1ccc(C2C3CC4CC(C3)CC2(c2ccc([N+](=O)[O-])c(O)c2)C4)cc1O. The summed E-state index contributed by atoms with van der Waals surface area (Å²) in [5.74, 6) is 0.893. The van der Waals surface area contributed by atoms with Gasteiger partial charge in [-0.2, -0.15) is 0 Å². The van der Waals surface area contributed by atoms with E-state index in [9.17, 15) is 30.4 Å². The van der Waals surface area contributed by atoms with Gasteiger partial charge in [0.05, 0.1) is 9.85 Å². The van der Waals surface area contributed by atoms with E-state index in [1.807, 2.05) is 0 Å². The molecule has 0 heterocycles. The second kappa shape index (κ2) is 6.42. The van der Waals surface area contributed by atoms with Crippen LogP contribution in [0.25, 0.3) is 0 Å². The Bertz CT molecular complexity index is 1050. The van der Waals surface area contributed by atoms with Crippen LogP contribution in [0.3, 0.4) is 0 Å². The number of aromatic hydroxyl groups is 2. The first kappa shape index (κ1) is 18.8. The van der Waals surface area contributed by atoms with Gasteiger partial charge in [0.15, 0.2) is 11.5 Å². The molecule has 0 aromatic heterocycles. The lowest BCUT2D eigenvalue weighted by Gasteiger charge is -2.62. The maximum Gasteiger partial charge on any atom is 0.310 e. The molecule has 0 amide bonds. The predicted molar refractivity (Wildman–Crippen MR) is 107 cm³/mol. The van der Waals surface area contributed by atoms with Crippen LogP contribution < -0.4 is 0 Å². The normalized spacial score (nSPS) is 31.6. The number of hydrogen-bond acceptors (Lipinski definition) is 6. The highest BCUT2D eigenvalue weighted by atomic mass is 16.6. The molecule has 4 bridgehead atoms. The van der Waals surface area contributed by atoms with Crippen LogP contribution in [-0.2, 0) is 5.41 Å². The van der Waals surface area contributed by atoms with Gasteiger partial charge in [0, 0.05) is 17.5 Å². The summed E-state index contributed by atoms with van der Waals surface area (Å²) in [4.78, 5) is 21.1. The molecular formula is C22H22N2O6. The second-order valence-corrected chi connectivity index (χ2v) is 9.21. The van der Waals surface area contributed by atoms with Gasteiger partial charge >= 0.3 is 11.4 Å². The van der Waals surface area contributed by atoms with Crippen LogP contribution >= 0.6 is 0 Å². The van der Waals surface area contributed by atoms with Gasteiger partial charge in [-0.25, -0.2) is 0 Å². The van der Waals surface area contributed by atoms with Gasteiger partial charge in [-0.15, -0.1) is 0 Å². The summed E-state index contributed by atoms with van der Waals surface area (Å²) in [6.07, 6.45) is 5.19. The first-order chi connectivity index (χ1) is 14.3. The third-order valence-corrected chi connectivity index (χ3v) is 7.61. The summed E-state index contributed by atoms with van der Waals surface area (Å²) in [7, 11) is 0. The third kappa shape index (κ3) is 2.66. The molecule has 4 saturated carbocycles. The summed E-state index contributed by atoms with van der Waals surface area (Å²) < 4.78 is 0. The molecule has 4 aliphatic carbocycles. The van der Waals surface area contributed by atoms with Crippen molar-refractivity contribution in [1.82, 2.24) is 0 Å². The number of nitro benzene ring substituents is 2. The van der Waals surface area contributed by atoms with Crippen molar-refractivity contribution in [3.05, 3.63) is 67.8 Å². The lowest BCUT2D eigenvalue weighted by Crippen LogP contribution is -2.53. The van der Waals surface area contributed by atoms with Crippen molar-refractivity contribution in [3.63, 3.8) is 0 Å². The maximum absolute atomic E-state index is 11.2. The highest BCUT2D eigenvalue weighted by Crippen LogP contribution is 2.67. The molecule has 156 valence electrons. The highest BCUT2D eigenvalue weighted by molar-refractivity contribution is 5.53. The number of nitrogens with zero attached hydrogens (tertiary/aromatic N) is 2. The third-order valence-electron chi connectivity index (χ3n) is 7.61. The summed E-state index contributed by atoms with van der Waals surface area (Å²) in [6.45, 7) is 0. The molecule has 8 nitrogen and oxygen atoms in total. The number of phenolic OH excluding ortho intramolecular Hbond substituents is 2. The highest BCUT2D eigenvalue weighted by Gasteiger charge is 2.58. The zero-order valence-corrected chi connectivity index (χ0v) is 16.2. The largest absolute Gasteiger partial charge is 0.502 e. The smallest absolute Gasteiger partial charge is 0.310 e. The molecule has 3 unspecified atom stereocenters. The first-order valence-corrected chi connectivity index (χ1v) is 10.2. The van der Waals surface area contributed by atoms with Gasteiger partial charge in [-0.3, -0.25) is 20.2 Å². The fourth-order valence-electron chi connectivity index (χ4n) is 6.92. The zero-order valence-electron chi connectivity index (χ0n) is 16.2. The number of phenols is 2. The van der Waals surface area contributed by atoms with E-state index in [-0.39, 0.29) is 34.2 Å². The Balaban J connectivity index is 1.64. The summed E-state index contributed by atoms with van der Waals surface area (Å²) in [5, 5.41) is 42.8. The summed E-state index contributed by atoms with van der Waals surface area (Å²) in [5.41, 5.74) is 0.814. The van der Waals surface area contributed by atoms with Crippen LogP contribution in [0.5, 0.6) is 11.5 Å². The molecule has 4 fully saturated rings. The Labute approximate surface area is 172 Å². The van der Waals surface area contributed by atoms with E-state index in [0.717, 1.165) is 36.8 Å². The van der Waals surface area contributed by atoms with Gasteiger partial charge in [0.25, 0.3) is 0 Å². The molecule has 6 rings (SSSR count). The van der Waals surface area contributed by atoms with E-state index < -0.39 is 9.85 Å². The van der Waals surface area contributed by atoms with E-state index in [2.05, 4.69) is 0 Å². The minimum Gasteiger partial charge on any atom is -0.502 e. The van der Waals surface area contributed by atoms with Crippen molar-refractivity contribution in [2.45, 2.75) is 43.4 Å². The van der Waals surface area contributed by atoms with Crippen molar-refractivity contribution in [3.8, 4) is 11.5 Å². The second-order valence-electron chi connectivity index (χ2n) is 9.21. The maximum atomic E-state index is 11.2. The lowest BCUT2D eigenvalue weighted by atomic mass is 9.42. The van der Waals surface area contributed by atoms with Gasteiger partial charge < -0.3 is 10.2 Å². The molecule has 4 aliphatic rings. The molecule has 8 heteroatoms. The number of rotatable bonds is 4. The number of benzene rings is 2. The monoisotopic (exact) mass is 410 g/mol. The Hall–Kier alpha value is -3.16. The fraction of sp³-hybridized carbons (Fsp3) is 0.455. The minimum absolute atomic E-state index is 0.0397. The van der Waals surface area contributed by atoms with Crippen LogP contribution in [0.2, 0.25) is 0 Å². The van der Waals surface area contributed by atoms with E-state index in [4.69, 9.17) is 0 Å². The van der Waals surface area contributed by atoms with Crippen molar-refractivity contribution >= 4 is 11.4 Å². The van der Waals surface area contributed by atoms with Crippen LogP contribution in [-0.4, -0.2) is 20.1 Å². The van der Waals surface area contributed by atoms with Crippen molar-refractivity contribution in [1.29, 1.82) is 0 Å². The molecule has 2 aromatic carbocycles. The fourth-order valence-corrected chi connectivity index (χ4v) is 6.92. The average Bonchev–Trinajstić information content (AvgIpc) is 2.66. The van der Waals surface area contributed by atoms with Gasteiger partial charge in [0.2, 0.25) is 0 Å². The van der Waals surface area contributed by atoms with E-state index in [1.54, 1.807) is 12.1 Å². The van der Waals surface area contributed by atoms with E-state index in [0.29, 0.717) is 17.8 Å². The van der Waals surface area contributed by atoms with Crippen LogP contribution in [0.1, 0.15) is 49.1 Å². The molecule has 2 N–H and O–H groups in total. The molecule has 2 aromatic rings. The molecule has 0 saturated heterocycles. The van der Waals surface area contributed by atoms with Crippen molar-refractivity contribution < 1.29 is 20.1 Å². The molecule has 30 heavy (non-hydrogen) atoms. The standard InChI is InChI=1S/C22H22N2O6/c25-19-8-14(1-3-17(19)23(27)28)21-15-6-12-5-13(7-15)11-22(21,10-12)16-2-4-18(24(29)30)20(26)9-16/h1-4,8-9,12-13,15,21,25-26H,5-7,10-11H2. The quantitative estimate of drug-likeness (QED) is 0.552. The molecule has 0 spiro atoms. The Kier molecular flexibility index (Phi) is 4.03. The van der Waals surface area contributed by atoms with E-state index >= 15 is 0 Å². The van der Waals surface area contributed by atoms with Gasteiger partial charge in [0.1, 0.15) is 0 Å². The van der Waals surface area contributed by atoms with Crippen LogP contribution in [0, 0.1) is 38.0 Å². The molecule has 0 radical (unpaired) electrons. The summed E-state index contributed by atoms with van der Waals surface area (Å²) in [6, 6.07) is 9.26. The topological polar surface area (TPSA) is 127 Å². The minimum atomic E-state index is -0.597. The predicted octanol–water partition coefficient (Wildman–Crippen LogP) is 4.78. The van der Waals surface area contributed by atoms with Crippen molar-refractivity contribution in [2.75, 3.05) is 0 Å². The summed E-state index contributed by atoms with van der Waals surface area (Å²) >= 11 is 0. The number of hydrogen-bond donors (Lipinski definition) is 2. The van der Waals surface area contributed by atoms with Crippen LogP contribution in [0.15, 0.2) is 36.4 Å². The molecular weight excluding hydrogens is 388 g/mol. The average molecular weight is 410 g/mol. The Morgan fingerprint density at radius 3 is 1.93 bits per heavy atom. The van der Waals surface area contributed by atoms with E-state index in [1.165, 1.54) is 30.7 Å².